The third-order valence-electron chi connectivity index (χ3n) is 4.15. The second kappa shape index (κ2) is 8.24. The lowest BCUT2D eigenvalue weighted by atomic mass is 9.98. The van der Waals surface area contributed by atoms with Gasteiger partial charge in [-0.1, -0.05) is 12.1 Å². The molecule has 0 aliphatic rings. The van der Waals surface area contributed by atoms with Gasteiger partial charge in [-0.05, 0) is 55.0 Å². The van der Waals surface area contributed by atoms with Gasteiger partial charge in [-0.3, -0.25) is 0 Å². The van der Waals surface area contributed by atoms with Gasteiger partial charge in [0.05, 0.1) is 26.5 Å². The number of benzene rings is 2. The van der Waals surface area contributed by atoms with E-state index in [-0.39, 0.29) is 0 Å². The topological polar surface area (TPSA) is 64.4 Å². The van der Waals surface area contributed by atoms with E-state index in [9.17, 15) is 5.26 Å². The Morgan fingerprint density at radius 1 is 0.926 bits per heavy atom. The number of hydrogen-bond donors (Lipinski definition) is 0. The third kappa shape index (κ3) is 3.85. The van der Waals surface area contributed by atoms with Crippen molar-refractivity contribution in [3.8, 4) is 45.8 Å². The normalized spacial score (nSPS) is 10.1. The standard InChI is InChI=1S/C22H20N2O3/c1-4-27-22-20(14-23)19(16-6-5-7-18(12-16)26-3)13-21(24-22)15-8-10-17(25-2)11-9-15/h5-13H,4H2,1-3H3. The molecule has 0 spiro atoms. The van der Waals surface area contributed by atoms with Gasteiger partial charge in [-0.15, -0.1) is 0 Å². The average Bonchev–Trinajstić information content (AvgIpc) is 2.73. The quantitative estimate of drug-likeness (QED) is 0.637. The van der Waals surface area contributed by atoms with Crippen LogP contribution in [0.25, 0.3) is 22.4 Å². The van der Waals surface area contributed by atoms with Gasteiger partial charge in [0.2, 0.25) is 5.88 Å². The van der Waals surface area contributed by atoms with Crippen molar-refractivity contribution >= 4 is 0 Å². The lowest BCUT2D eigenvalue weighted by Crippen LogP contribution is -2.01. The van der Waals surface area contributed by atoms with Gasteiger partial charge in [0.25, 0.3) is 0 Å². The van der Waals surface area contributed by atoms with Crippen LogP contribution in [-0.2, 0) is 0 Å². The summed E-state index contributed by atoms with van der Waals surface area (Å²) < 4.78 is 16.2. The summed E-state index contributed by atoms with van der Waals surface area (Å²) in [6.07, 6.45) is 0. The Morgan fingerprint density at radius 2 is 1.67 bits per heavy atom. The number of hydrogen-bond acceptors (Lipinski definition) is 5. The van der Waals surface area contributed by atoms with Crippen molar-refractivity contribution in [3.63, 3.8) is 0 Å². The van der Waals surface area contributed by atoms with Crippen molar-refractivity contribution in [1.29, 1.82) is 5.26 Å². The second-order valence-corrected chi connectivity index (χ2v) is 5.74. The van der Waals surface area contributed by atoms with E-state index in [2.05, 4.69) is 11.1 Å². The van der Waals surface area contributed by atoms with E-state index in [4.69, 9.17) is 14.2 Å². The van der Waals surface area contributed by atoms with E-state index in [0.29, 0.717) is 18.1 Å². The van der Waals surface area contributed by atoms with Gasteiger partial charge in [-0.25, -0.2) is 4.98 Å². The lowest BCUT2D eigenvalue weighted by Gasteiger charge is -2.13. The molecule has 136 valence electrons. The predicted octanol–water partition coefficient (Wildman–Crippen LogP) is 4.70. The number of rotatable bonds is 6. The number of pyridine rings is 1. The van der Waals surface area contributed by atoms with Crippen LogP contribution in [0.3, 0.4) is 0 Å². The molecule has 0 saturated heterocycles. The minimum Gasteiger partial charge on any atom is -0.497 e. The van der Waals surface area contributed by atoms with Crippen molar-refractivity contribution in [1.82, 2.24) is 4.98 Å². The summed E-state index contributed by atoms with van der Waals surface area (Å²) in [4.78, 5) is 4.57. The average molecular weight is 360 g/mol. The first-order chi connectivity index (χ1) is 13.2. The molecule has 0 radical (unpaired) electrons. The Hall–Kier alpha value is -3.52. The van der Waals surface area contributed by atoms with Crippen LogP contribution >= 0.6 is 0 Å². The van der Waals surface area contributed by atoms with Gasteiger partial charge in [0.1, 0.15) is 23.1 Å². The van der Waals surface area contributed by atoms with Crippen LogP contribution in [0.5, 0.6) is 17.4 Å². The fourth-order valence-electron chi connectivity index (χ4n) is 2.80. The van der Waals surface area contributed by atoms with Crippen LogP contribution in [0, 0.1) is 11.3 Å². The lowest BCUT2D eigenvalue weighted by molar-refractivity contribution is 0.326. The molecule has 3 rings (SSSR count). The van der Waals surface area contributed by atoms with E-state index in [1.807, 2.05) is 61.5 Å². The molecule has 0 bridgehead atoms. The summed E-state index contributed by atoms with van der Waals surface area (Å²) in [5.41, 5.74) is 3.65. The van der Waals surface area contributed by atoms with Crippen LogP contribution in [-0.4, -0.2) is 25.8 Å². The minimum atomic E-state index is 0.325. The molecule has 0 amide bonds. The molecule has 0 saturated carbocycles. The fraction of sp³-hybridized carbons (Fsp3) is 0.182. The summed E-state index contributed by atoms with van der Waals surface area (Å²) in [5.74, 6) is 1.81. The number of aromatic nitrogens is 1. The third-order valence-corrected chi connectivity index (χ3v) is 4.15. The molecule has 0 unspecified atom stereocenters. The van der Waals surface area contributed by atoms with E-state index in [0.717, 1.165) is 33.9 Å². The molecular weight excluding hydrogens is 340 g/mol. The minimum absolute atomic E-state index is 0.325. The highest BCUT2D eigenvalue weighted by molar-refractivity contribution is 5.78. The Labute approximate surface area is 158 Å². The van der Waals surface area contributed by atoms with Gasteiger partial charge < -0.3 is 14.2 Å². The zero-order valence-electron chi connectivity index (χ0n) is 15.5. The maximum Gasteiger partial charge on any atom is 0.232 e. The molecule has 0 aliphatic carbocycles. The van der Waals surface area contributed by atoms with Crippen molar-refractivity contribution in [2.75, 3.05) is 20.8 Å². The van der Waals surface area contributed by atoms with Crippen molar-refractivity contribution in [2.24, 2.45) is 0 Å². The smallest absolute Gasteiger partial charge is 0.232 e. The summed E-state index contributed by atoms with van der Waals surface area (Å²) in [6, 6.07) is 19.3. The summed E-state index contributed by atoms with van der Waals surface area (Å²) >= 11 is 0. The highest BCUT2D eigenvalue weighted by Gasteiger charge is 2.17. The monoisotopic (exact) mass is 360 g/mol. The molecule has 2 aromatic carbocycles. The number of nitriles is 1. The highest BCUT2D eigenvalue weighted by atomic mass is 16.5. The Balaban J connectivity index is 2.20. The van der Waals surface area contributed by atoms with Crippen LogP contribution in [0.4, 0.5) is 0 Å². The van der Waals surface area contributed by atoms with E-state index in [1.165, 1.54) is 0 Å². The molecule has 0 fully saturated rings. The van der Waals surface area contributed by atoms with Crippen molar-refractivity contribution in [2.45, 2.75) is 6.92 Å². The molecule has 0 atom stereocenters. The highest BCUT2D eigenvalue weighted by Crippen LogP contribution is 2.35. The number of nitrogens with zero attached hydrogens (tertiary/aromatic N) is 2. The van der Waals surface area contributed by atoms with Crippen LogP contribution < -0.4 is 14.2 Å². The van der Waals surface area contributed by atoms with Crippen LogP contribution in [0.1, 0.15) is 12.5 Å². The molecule has 5 nitrogen and oxygen atoms in total. The molecule has 1 heterocycles. The Kier molecular flexibility index (Phi) is 5.58. The summed E-state index contributed by atoms with van der Waals surface area (Å²) in [5, 5.41) is 9.73. The maximum atomic E-state index is 9.73. The molecule has 3 aromatic rings. The molecule has 5 heteroatoms. The first-order valence-corrected chi connectivity index (χ1v) is 8.57. The Morgan fingerprint density at radius 3 is 2.30 bits per heavy atom. The van der Waals surface area contributed by atoms with E-state index >= 15 is 0 Å². The van der Waals surface area contributed by atoms with Crippen LogP contribution in [0.2, 0.25) is 0 Å². The number of methoxy groups -OCH3 is 2. The van der Waals surface area contributed by atoms with Gasteiger partial charge in [0, 0.05) is 11.1 Å². The largest absolute Gasteiger partial charge is 0.497 e. The predicted molar refractivity (Wildman–Crippen MR) is 104 cm³/mol. The molecule has 0 N–H and O–H groups in total. The van der Waals surface area contributed by atoms with Gasteiger partial charge in [-0.2, -0.15) is 5.26 Å². The molecule has 0 aliphatic heterocycles. The van der Waals surface area contributed by atoms with Crippen molar-refractivity contribution in [3.05, 3.63) is 60.2 Å². The zero-order chi connectivity index (χ0) is 19.2. The zero-order valence-corrected chi connectivity index (χ0v) is 15.5. The first kappa shape index (κ1) is 18.3. The van der Waals surface area contributed by atoms with Crippen LogP contribution in [0.15, 0.2) is 54.6 Å². The summed E-state index contributed by atoms with van der Waals surface area (Å²) in [7, 11) is 3.24. The SMILES string of the molecule is CCOc1nc(-c2ccc(OC)cc2)cc(-c2cccc(OC)c2)c1C#N. The number of ether oxygens (including phenoxy) is 3. The molecular formula is C22H20N2O3. The fourth-order valence-corrected chi connectivity index (χ4v) is 2.80. The van der Waals surface area contributed by atoms with E-state index < -0.39 is 0 Å². The van der Waals surface area contributed by atoms with E-state index in [1.54, 1.807) is 14.2 Å². The Bertz CT molecular complexity index is 976. The molecule has 1 aromatic heterocycles. The molecule has 27 heavy (non-hydrogen) atoms. The van der Waals surface area contributed by atoms with Crippen molar-refractivity contribution < 1.29 is 14.2 Å². The van der Waals surface area contributed by atoms with Gasteiger partial charge in [0.15, 0.2) is 0 Å². The summed E-state index contributed by atoms with van der Waals surface area (Å²) in [6.45, 7) is 2.29. The maximum absolute atomic E-state index is 9.73. The van der Waals surface area contributed by atoms with Gasteiger partial charge >= 0.3 is 0 Å². The second-order valence-electron chi connectivity index (χ2n) is 5.74. The first-order valence-electron chi connectivity index (χ1n) is 8.57.